The van der Waals surface area contributed by atoms with Gasteiger partial charge in [-0.25, -0.2) is 0 Å². The Hall–Kier alpha value is -1.57. The first-order chi connectivity index (χ1) is 30.6. The van der Waals surface area contributed by atoms with Crippen LogP contribution in [-0.2, 0) is 82.9 Å². The van der Waals surface area contributed by atoms with Gasteiger partial charge in [-0.05, 0) is 77.0 Å². The van der Waals surface area contributed by atoms with Crippen LogP contribution in [0.2, 0.25) is 0 Å². The Morgan fingerprint density at radius 2 is 0.415 bits per heavy atom. The molecule has 0 aliphatic heterocycles. The van der Waals surface area contributed by atoms with Gasteiger partial charge >= 0.3 is 25.8 Å². The molecule has 0 saturated heterocycles. The van der Waals surface area contributed by atoms with E-state index in [0.29, 0.717) is 104 Å². The second-order valence-electron chi connectivity index (χ2n) is 15.3. The minimum atomic E-state index is -1.02. The van der Waals surface area contributed by atoms with Gasteiger partial charge in [0.2, 0.25) is 0 Å². The zero-order valence-electron chi connectivity index (χ0n) is 42.6. The van der Waals surface area contributed by atoms with E-state index in [1.54, 1.807) is 0 Å². The number of carbonyl (C=O) groups is 4. The van der Waals surface area contributed by atoms with E-state index in [0.717, 1.165) is 51.4 Å². The molecule has 0 amide bonds. The summed E-state index contributed by atoms with van der Waals surface area (Å²) in [6, 6.07) is 0. The average Bonchev–Trinajstić information content (AvgIpc) is 3.28. The van der Waals surface area contributed by atoms with E-state index in [1.165, 1.54) is 0 Å². The first-order valence-corrected chi connectivity index (χ1v) is 24.4. The van der Waals surface area contributed by atoms with Gasteiger partial charge < -0.3 is 77.5 Å². The van der Waals surface area contributed by atoms with Crippen LogP contribution in [-0.4, -0.2) is 102 Å². The molecule has 0 heterocycles. The molecule has 0 bridgehead atoms. The molecule has 65 heavy (non-hydrogen) atoms. The number of carboxylic acid groups (broad SMARTS) is 4. The molecule has 0 rings (SSSR count). The minimum Gasteiger partial charge on any atom is -0.550 e. The zero-order chi connectivity index (χ0) is 49.6. The third-order valence-corrected chi connectivity index (χ3v) is 9.28. The third kappa shape index (κ3) is 46.0. The van der Waals surface area contributed by atoms with Gasteiger partial charge in [-0.15, -0.1) is 0 Å². The quantitative estimate of drug-likeness (QED) is 0.0558. The van der Waals surface area contributed by atoms with E-state index in [-0.39, 0.29) is 25.8 Å². The van der Waals surface area contributed by atoms with E-state index in [2.05, 4.69) is 0 Å². The van der Waals surface area contributed by atoms with Crippen LogP contribution in [0.25, 0.3) is 0 Å². The summed E-state index contributed by atoms with van der Waals surface area (Å²) in [6.07, 6.45) is 9.20. The van der Waals surface area contributed by atoms with Crippen molar-refractivity contribution in [3.63, 3.8) is 0 Å². The van der Waals surface area contributed by atoms with Crippen molar-refractivity contribution in [3.8, 4) is 0 Å². The minimum absolute atomic E-state index is 0. The normalized spacial score (nSPS) is 12.8. The molecule has 0 radical (unpaired) electrons. The van der Waals surface area contributed by atoms with Crippen LogP contribution in [0.3, 0.4) is 0 Å². The predicted molar refractivity (Wildman–Crippen MR) is 239 cm³/mol. The molecule has 4 atom stereocenters. The fraction of sp³-hybridized carbons (Fsp3) is 0.917. The van der Waals surface area contributed by atoms with E-state index in [1.807, 2.05) is 83.1 Å². The van der Waals surface area contributed by atoms with Crippen molar-refractivity contribution in [2.45, 2.75) is 211 Å². The SMILES string of the molecule is CCCOC(CC(CC)C(=O)[O-])OCCC.CCCOC(CC(CC)C(=O)[O-])OCCC.CCCOC(CC(CC)C(=O)[O-])OCCC.CCCOC(CC(CC)C(=O)[O-])OCCC.[Hf+4]. The maximum atomic E-state index is 10.8. The monoisotopic (exact) mass is 1100 g/mol. The molecule has 16 nitrogen and oxygen atoms in total. The second-order valence-corrected chi connectivity index (χ2v) is 15.3. The van der Waals surface area contributed by atoms with Crippen LogP contribution in [0.1, 0.15) is 186 Å². The summed E-state index contributed by atoms with van der Waals surface area (Å²) >= 11 is 0. The van der Waals surface area contributed by atoms with E-state index >= 15 is 0 Å². The molecule has 0 fully saturated rings. The number of ether oxygens (including phenoxy) is 8. The molecule has 0 aromatic rings. The zero-order valence-corrected chi connectivity index (χ0v) is 46.2. The molecule has 0 aliphatic rings. The molecule has 0 saturated carbocycles. The molecule has 17 heteroatoms. The molecule has 384 valence electrons. The first kappa shape index (κ1) is 72.4. The predicted octanol–water partition coefficient (Wildman–Crippen LogP) is 5.33. The Morgan fingerprint density at radius 3 is 0.492 bits per heavy atom. The largest absolute Gasteiger partial charge is 4.00 e. The van der Waals surface area contributed by atoms with Gasteiger partial charge in [0.1, 0.15) is 0 Å². The molecule has 4 unspecified atom stereocenters. The number of carboxylic acids is 4. The van der Waals surface area contributed by atoms with Crippen LogP contribution in [0.5, 0.6) is 0 Å². The maximum absolute atomic E-state index is 10.8. The third-order valence-electron chi connectivity index (χ3n) is 9.28. The Balaban J connectivity index is -0.000000245. The van der Waals surface area contributed by atoms with Gasteiger partial charge in [0.25, 0.3) is 0 Å². The van der Waals surface area contributed by atoms with Crippen LogP contribution in [0.15, 0.2) is 0 Å². The summed E-state index contributed by atoms with van der Waals surface area (Å²) in [4.78, 5) is 43.2. The van der Waals surface area contributed by atoms with Crippen LogP contribution >= 0.6 is 0 Å². The summed E-state index contributed by atoms with van der Waals surface area (Å²) in [5, 5.41) is 43.2. The Labute approximate surface area is 413 Å². The number of hydrogen-bond acceptors (Lipinski definition) is 16. The summed E-state index contributed by atoms with van der Waals surface area (Å²) in [7, 11) is 0. The van der Waals surface area contributed by atoms with E-state index in [4.69, 9.17) is 37.9 Å². The fourth-order valence-corrected chi connectivity index (χ4v) is 5.38. The van der Waals surface area contributed by atoms with E-state index < -0.39 is 72.7 Å². The Bertz CT molecular complexity index is 863. The molecule has 0 aromatic carbocycles. The smallest absolute Gasteiger partial charge is 0.550 e. The average molecular weight is 1100 g/mol. The first-order valence-electron chi connectivity index (χ1n) is 24.4. The molecule has 0 aliphatic carbocycles. The molecular formula is C48H92HfO16. The van der Waals surface area contributed by atoms with Gasteiger partial charge in [0, 0.05) is 126 Å². The molecular weight excluding hydrogens is 1010 g/mol. The summed E-state index contributed by atoms with van der Waals surface area (Å²) in [5.41, 5.74) is 0. The van der Waals surface area contributed by atoms with Gasteiger partial charge in [0.15, 0.2) is 25.2 Å². The van der Waals surface area contributed by atoms with Crippen LogP contribution < -0.4 is 20.4 Å². The van der Waals surface area contributed by atoms with Crippen molar-refractivity contribution in [1.29, 1.82) is 0 Å². The van der Waals surface area contributed by atoms with Crippen molar-refractivity contribution in [1.82, 2.24) is 0 Å². The van der Waals surface area contributed by atoms with Crippen molar-refractivity contribution in [2.24, 2.45) is 23.7 Å². The number of aliphatic carboxylic acids is 4. The number of rotatable bonds is 40. The summed E-state index contributed by atoms with van der Waals surface area (Å²) < 4.78 is 43.7. The van der Waals surface area contributed by atoms with Crippen molar-refractivity contribution in [2.75, 3.05) is 52.9 Å². The summed E-state index contributed by atoms with van der Waals surface area (Å²) in [6.45, 7) is 28.1. The fourth-order valence-electron chi connectivity index (χ4n) is 5.38. The maximum Gasteiger partial charge on any atom is 4.00 e. The van der Waals surface area contributed by atoms with Gasteiger partial charge in [-0.2, -0.15) is 0 Å². The molecule has 0 aromatic heterocycles. The van der Waals surface area contributed by atoms with Crippen molar-refractivity contribution in [3.05, 3.63) is 0 Å². The van der Waals surface area contributed by atoms with Gasteiger partial charge in [-0.1, -0.05) is 83.1 Å². The number of hydrogen-bond donors (Lipinski definition) is 0. The van der Waals surface area contributed by atoms with Crippen LogP contribution in [0, 0.1) is 23.7 Å². The van der Waals surface area contributed by atoms with Crippen molar-refractivity contribution >= 4 is 23.9 Å². The van der Waals surface area contributed by atoms with E-state index in [9.17, 15) is 39.6 Å². The van der Waals surface area contributed by atoms with Crippen LogP contribution in [0.4, 0.5) is 0 Å². The summed E-state index contributed by atoms with van der Waals surface area (Å²) in [5.74, 6) is -6.03. The second kappa shape index (κ2) is 53.4. The topological polar surface area (TPSA) is 234 Å². The van der Waals surface area contributed by atoms with Gasteiger partial charge in [-0.3, -0.25) is 0 Å². The Morgan fingerprint density at radius 1 is 0.292 bits per heavy atom. The Kier molecular flexibility index (Phi) is 59.5. The molecule has 0 N–H and O–H groups in total. The molecule has 0 spiro atoms. The number of carbonyl (C=O) groups excluding carboxylic acids is 4. The van der Waals surface area contributed by atoms with Gasteiger partial charge in [0.05, 0.1) is 0 Å². The standard InChI is InChI=1S/4C12H24O4.Hf/c4*1-4-7-15-11(16-8-5-2)9-10(6-3)12(13)14;/h4*10-11H,4-9H2,1-3H3,(H,13,14);/q;;;;+4/p-4. The van der Waals surface area contributed by atoms with Crippen molar-refractivity contribution < 1.29 is 103 Å².